The van der Waals surface area contributed by atoms with Crippen molar-refractivity contribution in [3.63, 3.8) is 0 Å². The summed E-state index contributed by atoms with van der Waals surface area (Å²) in [6, 6.07) is 14.4. The van der Waals surface area contributed by atoms with Gasteiger partial charge in [0.25, 0.3) is 5.56 Å². The van der Waals surface area contributed by atoms with E-state index in [-0.39, 0.29) is 17.1 Å². The molecule has 0 radical (unpaired) electrons. The Bertz CT molecular complexity index is 999. The SMILES string of the molecule is CC(C)(C)n1sc(-c2ccccc2)c(NC2CCN(c3cccnn3)CC2)c1=O. The van der Waals surface area contributed by atoms with Crippen molar-refractivity contribution in [2.75, 3.05) is 23.3 Å². The fourth-order valence-electron chi connectivity index (χ4n) is 3.65. The zero-order valence-electron chi connectivity index (χ0n) is 17.1. The molecule has 29 heavy (non-hydrogen) atoms. The standard InChI is InChI=1S/C22H27N5OS/c1-22(2,3)27-21(28)19(20(29-27)16-8-5-4-6-9-16)24-17-11-14-26(15-12-17)18-10-7-13-23-25-18/h4-10,13,17,24H,11-12,14-15H2,1-3H3. The maximum Gasteiger partial charge on any atom is 0.285 e. The Labute approximate surface area is 175 Å². The molecule has 1 saturated heterocycles. The Kier molecular flexibility index (Phi) is 5.41. The molecule has 0 bridgehead atoms. The number of aromatic nitrogens is 3. The highest BCUT2D eigenvalue weighted by Gasteiger charge is 2.27. The van der Waals surface area contributed by atoms with E-state index in [2.05, 4.69) is 53.3 Å². The van der Waals surface area contributed by atoms with Crippen LogP contribution in [0, 0.1) is 0 Å². The Balaban J connectivity index is 1.57. The van der Waals surface area contributed by atoms with Gasteiger partial charge in [-0.15, -0.1) is 5.10 Å². The number of piperidine rings is 1. The molecule has 0 amide bonds. The highest BCUT2D eigenvalue weighted by atomic mass is 32.1. The molecule has 1 aliphatic heterocycles. The first kappa shape index (κ1) is 19.6. The van der Waals surface area contributed by atoms with Crippen LogP contribution in [0.5, 0.6) is 0 Å². The van der Waals surface area contributed by atoms with Gasteiger partial charge < -0.3 is 10.2 Å². The summed E-state index contributed by atoms with van der Waals surface area (Å²) in [4.78, 5) is 16.5. The number of rotatable bonds is 4. The summed E-state index contributed by atoms with van der Waals surface area (Å²) in [6.45, 7) is 8.01. The molecule has 2 aromatic heterocycles. The van der Waals surface area contributed by atoms with Gasteiger partial charge in [-0.25, -0.2) is 0 Å². The number of nitrogens with one attached hydrogen (secondary N) is 1. The molecule has 0 spiro atoms. The smallest absolute Gasteiger partial charge is 0.285 e. The van der Waals surface area contributed by atoms with Crippen molar-refractivity contribution >= 4 is 23.0 Å². The van der Waals surface area contributed by atoms with Crippen LogP contribution in [0.3, 0.4) is 0 Å². The van der Waals surface area contributed by atoms with E-state index in [4.69, 9.17) is 0 Å². The maximum absolute atomic E-state index is 13.3. The van der Waals surface area contributed by atoms with Crippen molar-refractivity contribution in [3.8, 4) is 10.4 Å². The second-order valence-corrected chi connectivity index (χ2v) is 9.38. The van der Waals surface area contributed by atoms with Crippen LogP contribution in [0.15, 0.2) is 53.5 Å². The monoisotopic (exact) mass is 409 g/mol. The van der Waals surface area contributed by atoms with E-state index in [1.54, 1.807) is 17.7 Å². The Morgan fingerprint density at radius 1 is 1.07 bits per heavy atom. The lowest BCUT2D eigenvalue weighted by molar-refractivity contribution is 0.419. The maximum atomic E-state index is 13.3. The van der Waals surface area contributed by atoms with Crippen LogP contribution in [-0.4, -0.2) is 33.3 Å². The summed E-state index contributed by atoms with van der Waals surface area (Å²) in [5.41, 5.74) is 1.63. The normalized spacial score (nSPS) is 15.5. The van der Waals surface area contributed by atoms with Crippen LogP contribution in [-0.2, 0) is 5.54 Å². The first-order valence-electron chi connectivity index (χ1n) is 10.0. The van der Waals surface area contributed by atoms with Crippen molar-refractivity contribution in [2.45, 2.75) is 45.2 Å². The molecule has 3 heterocycles. The molecule has 3 aromatic rings. The van der Waals surface area contributed by atoms with E-state index in [0.717, 1.165) is 47.9 Å². The highest BCUT2D eigenvalue weighted by molar-refractivity contribution is 7.11. The number of nitrogens with zero attached hydrogens (tertiary/aromatic N) is 4. The molecule has 1 fully saturated rings. The van der Waals surface area contributed by atoms with Crippen LogP contribution < -0.4 is 15.8 Å². The molecular weight excluding hydrogens is 382 g/mol. The number of hydrogen-bond donors (Lipinski definition) is 1. The topological polar surface area (TPSA) is 63.1 Å². The molecule has 1 aromatic carbocycles. The van der Waals surface area contributed by atoms with Gasteiger partial charge in [0, 0.05) is 25.3 Å². The minimum absolute atomic E-state index is 0.0673. The molecule has 0 unspecified atom stereocenters. The molecule has 0 aliphatic carbocycles. The summed E-state index contributed by atoms with van der Waals surface area (Å²) < 4.78 is 1.88. The van der Waals surface area contributed by atoms with Crippen LogP contribution in [0.25, 0.3) is 10.4 Å². The summed E-state index contributed by atoms with van der Waals surface area (Å²) in [7, 11) is 0. The average Bonchev–Trinajstić information content (AvgIpc) is 3.06. The van der Waals surface area contributed by atoms with Crippen molar-refractivity contribution in [1.82, 2.24) is 14.2 Å². The van der Waals surface area contributed by atoms with E-state index < -0.39 is 0 Å². The zero-order valence-corrected chi connectivity index (χ0v) is 17.9. The van der Waals surface area contributed by atoms with Gasteiger partial charge in [0.2, 0.25) is 0 Å². The molecule has 1 N–H and O–H groups in total. The van der Waals surface area contributed by atoms with Crippen molar-refractivity contribution in [3.05, 3.63) is 59.0 Å². The summed E-state index contributed by atoms with van der Waals surface area (Å²) in [5.74, 6) is 0.918. The largest absolute Gasteiger partial charge is 0.376 e. The molecule has 152 valence electrons. The third kappa shape index (κ3) is 4.19. The molecule has 0 atom stereocenters. The second-order valence-electron chi connectivity index (χ2n) is 8.42. The van der Waals surface area contributed by atoms with Gasteiger partial charge in [-0.1, -0.05) is 41.9 Å². The van der Waals surface area contributed by atoms with Gasteiger partial charge in [-0.3, -0.25) is 8.75 Å². The first-order valence-corrected chi connectivity index (χ1v) is 10.8. The summed E-state index contributed by atoms with van der Waals surface area (Å²) in [6.07, 6.45) is 3.60. The van der Waals surface area contributed by atoms with E-state index >= 15 is 0 Å². The van der Waals surface area contributed by atoms with Crippen LogP contribution in [0.4, 0.5) is 11.5 Å². The number of hydrogen-bond acceptors (Lipinski definition) is 6. The van der Waals surface area contributed by atoms with Gasteiger partial charge in [0.15, 0.2) is 5.82 Å². The molecule has 7 heteroatoms. The zero-order chi connectivity index (χ0) is 20.4. The van der Waals surface area contributed by atoms with Gasteiger partial charge in [-0.2, -0.15) is 5.10 Å². The number of anilines is 2. The molecular formula is C22H27N5OS. The van der Waals surface area contributed by atoms with Crippen LogP contribution in [0.1, 0.15) is 33.6 Å². The van der Waals surface area contributed by atoms with Gasteiger partial charge in [-0.05, 0) is 51.3 Å². The van der Waals surface area contributed by atoms with Gasteiger partial charge in [0.1, 0.15) is 5.69 Å². The van der Waals surface area contributed by atoms with Crippen molar-refractivity contribution < 1.29 is 0 Å². The summed E-state index contributed by atoms with van der Waals surface area (Å²) >= 11 is 1.55. The average molecular weight is 410 g/mol. The second kappa shape index (κ2) is 7.99. The lowest BCUT2D eigenvalue weighted by Gasteiger charge is -2.33. The fraction of sp³-hybridized carbons (Fsp3) is 0.409. The third-order valence-corrected chi connectivity index (χ3v) is 6.70. The lowest BCUT2D eigenvalue weighted by Crippen LogP contribution is -2.40. The lowest BCUT2D eigenvalue weighted by atomic mass is 10.0. The van der Waals surface area contributed by atoms with E-state index in [1.807, 2.05) is 34.3 Å². The van der Waals surface area contributed by atoms with Crippen molar-refractivity contribution in [2.24, 2.45) is 0 Å². The molecule has 4 rings (SSSR count). The van der Waals surface area contributed by atoms with E-state index in [9.17, 15) is 4.79 Å². The van der Waals surface area contributed by atoms with Crippen molar-refractivity contribution in [1.29, 1.82) is 0 Å². The van der Waals surface area contributed by atoms with Gasteiger partial charge >= 0.3 is 0 Å². The van der Waals surface area contributed by atoms with E-state index in [0.29, 0.717) is 0 Å². The predicted molar refractivity (Wildman–Crippen MR) is 120 cm³/mol. The molecule has 1 aliphatic rings. The highest BCUT2D eigenvalue weighted by Crippen LogP contribution is 2.34. The third-order valence-electron chi connectivity index (χ3n) is 5.18. The summed E-state index contributed by atoms with van der Waals surface area (Å²) in [5, 5.41) is 11.8. The fourth-order valence-corrected chi connectivity index (χ4v) is 4.76. The predicted octanol–water partition coefficient (Wildman–Crippen LogP) is 4.20. The van der Waals surface area contributed by atoms with Crippen LogP contribution >= 0.6 is 11.5 Å². The number of benzene rings is 1. The Morgan fingerprint density at radius 2 is 1.79 bits per heavy atom. The van der Waals surface area contributed by atoms with E-state index in [1.165, 1.54) is 0 Å². The first-order chi connectivity index (χ1) is 13.9. The Hall–Kier alpha value is -2.67. The Morgan fingerprint density at radius 3 is 2.41 bits per heavy atom. The quantitative estimate of drug-likeness (QED) is 0.700. The molecule has 6 nitrogen and oxygen atoms in total. The minimum atomic E-state index is -0.249. The van der Waals surface area contributed by atoms with Gasteiger partial charge in [0.05, 0.1) is 10.4 Å². The molecule has 0 saturated carbocycles. The van der Waals surface area contributed by atoms with Crippen LogP contribution in [0.2, 0.25) is 0 Å². The minimum Gasteiger partial charge on any atom is -0.376 e.